The minimum Gasteiger partial charge on any atom is -0.244 e. The quantitative estimate of drug-likeness (QED) is 0.814. The first-order valence-electron chi connectivity index (χ1n) is 7.62. The van der Waals surface area contributed by atoms with Gasteiger partial charge in [-0.05, 0) is 62.7 Å². The van der Waals surface area contributed by atoms with Crippen LogP contribution in [0.2, 0.25) is 0 Å². The molecule has 0 spiro atoms. The third kappa shape index (κ3) is 1.69. The highest BCUT2D eigenvalue weighted by Crippen LogP contribution is 2.61. The highest BCUT2D eigenvalue weighted by Gasteiger charge is 2.53. The number of aromatic nitrogens is 1. The molecular weight excluding hydrogens is 252 g/mol. The van der Waals surface area contributed by atoms with Crippen molar-refractivity contribution in [1.29, 1.82) is 5.26 Å². The van der Waals surface area contributed by atoms with E-state index in [9.17, 15) is 5.26 Å². The van der Waals surface area contributed by atoms with Crippen molar-refractivity contribution in [3.8, 4) is 6.07 Å². The maximum Gasteiger partial charge on any atom is 0.128 e. The van der Waals surface area contributed by atoms with Crippen molar-refractivity contribution in [2.24, 2.45) is 17.8 Å². The van der Waals surface area contributed by atoms with Gasteiger partial charge in [0.25, 0.3) is 0 Å². The lowest BCUT2D eigenvalue weighted by molar-refractivity contribution is -0.00533. The normalized spacial score (nSPS) is 39.5. The Balaban J connectivity index is 1.75. The summed E-state index contributed by atoms with van der Waals surface area (Å²) in [5, 5.41) is 10.6. The molecule has 0 radical (unpaired) electrons. The maximum atomic E-state index is 9.27. The average molecular weight is 272 g/mol. The topological polar surface area (TPSA) is 36.7 Å². The van der Waals surface area contributed by atoms with Gasteiger partial charge in [0.1, 0.15) is 16.0 Å². The van der Waals surface area contributed by atoms with Crippen molar-refractivity contribution >= 4 is 11.3 Å². The molecule has 0 unspecified atom stereocenters. The largest absolute Gasteiger partial charge is 0.244 e. The fourth-order valence-electron chi connectivity index (χ4n) is 5.28. The van der Waals surface area contributed by atoms with Gasteiger partial charge in [0.05, 0.1) is 5.69 Å². The Labute approximate surface area is 118 Å². The van der Waals surface area contributed by atoms with Crippen molar-refractivity contribution in [1.82, 2.24) is 4.98 Å². The van der Waals surface area contributed by atoms with Gasteiger partial charge < -0.3 is 0 Å². The molecule has 1 aromatic heterocycles. The summed E-state index contributed by atoms with van der Waals surface area (Å²) >= 11 is 1.70. The van der Waals surface area contributed by atoms with Crippen LogP contribution in [0.15, 0.2) is 0 Å². The van der Waals surface area contributed by atoms with Crippen LogP contribution in [0, 0.1) is 29.1 Å². The van der Waals surface area contributed by atoms with Crippen LogP contribution in [0.1, 0.15) is 61.0 Å². The third-order valence-corrected chi connectivity index (χ3v) is 6.87. The second kappa shape index (κ2) is 4.06. The molecule has 0 saturated heterocycles. The Bertz CT molecular complexity index is 516. The van der Waals surface area contributed by atoms with Gasteiger partial charge in [0.2, 0.25) is 0 Å². The van der Waals surface area contributed by atoms with Crippen molar-refractivity contribution in [2.75, 3.05) is 0 Å². The average Bonchev–Trinajstić information content (AvgIpc) is 2.81. The lowest BCUT2D eigenvalue weighted by atomic mass is 9.50. The van der Waals surface area contributed by atoms with Gasteiger partial charge in [-0.1, -0.05) is 6.92 Å². The highest BCUT2D eigenvalue weighted by atomic mass is 32.1. The van der Waals surface area contributed by atoms with Gasteiger partial charge in [0, 0.05) is 5.41 Å². The molecule has 1 heterocycles. The molecule has 2 nitrogen and oxygen atoms in total. The van der Waals surface area contributed by atoms with E-state index >= 15 is 0 Å². The molecule has 0 atom stereocenters. The van der Waals surface area contributed by atoms with Crippen LogP contribution in [0.4, 0.5) is 0 Å². The predicted octanol–water partition coefficient (Wildman–Crippen LogP) is 4.04. The van der Waals surface area contributed by atoms with E-state index in [0.29, 0.717) is 5.41 Å². The van der Waals surface area contributed by atoms with E-state index in [0.717, 1.165) is 34.7 Å². The number of aryl methyl sites for hydroxylation is 1. The van der Waals surface area contributed by atoms with E-state index in [4.69, 9.17) is 4.98 Å². The van der Waals surface area contributed by atoms with Crippen molar-refractivity contribution in [3.05, 3.63) is 15.6 Å². The number of hydrogen-bond acceptors (Lipinski definition) is 3. The molecule has 4 fully saturated rings. The molecule has 4 aliphatic rings. The summed E-state index contributed by atoms with van der Waals surface area (Å²) in [4.78, 5) is 5.75. The first-order valence-corrected chi connectivity index (χ1v) is 8.44. The molecule has 4 aliphatic carbocycles. The van der Waals surface area contributed by atoms with Crippen molar-refractivity contribution in [2.45, 2.75) is 57.3 Å². The summed E-state index contributed by atoms with van der Waals surface area (Å²) in [6.45, 7) is 2.11. The number of thiazole rings is 1. The van der Waals surface area contributed by atoms with Crippen molar-refractivity contribution < 1.29 is 0 Å². The Hall–Kier alpha value is -0.880. The summed E-state index contributed by atoms with van der Waals surface area (Å²) < 4.78 is 0. The Kier molecular flexibility index (Phi) is 2.54. The lowest BCUT2D eigenvalue weighted by Crippen LogP contribution is -2.48. The van der Waals surface area contributed by atoms with E-state index in [1.54, 1.807) is 11.3 Å². The monoisotopic (exact) mass is 272 g/mol. The zero-order valence-electron chi connectivity index (χ0n) is 11.5. The Morgan fingerprint density at radius 1 is 1.21 bits per heavy atom. The summed E-state index contributed by atoms with van der Waals surface area (Å²) in [6, 6.07) is 2.35. The molecule has 0 amide bonds. The van der Waals surface area contributed by atoms with E-state index in [1.165, 1.54) is 43.5 Å². The van der Waals surface area contributed by atoms with Crippen LogP contribution in [-0.4, -0.2) is 4.98 Å². The number of rotatable bonds is 2. The second-order valence-corrected chi connectivity index (χ2v) is 7.96. The molecule has 0 N–H and O–H groups in total. The molecule has 100 valence electrons. The van der Waals surface area contributed by atoms with Gasteiger partial charge in [0.15, 0.2) is 0 Å². The summed E-state index contributed by atoms with van der Waals surface area (Å²) in [5.74, 6) is 2.85. The van der Waals surface area contributed by atoms with Gasteiger partial charge in [-0.3, -0.25) is 0 Å². The Morgan fingerprint density at radius 3 is 2.21 bits per heavy atom. The molecule has 4 bridgehead atoms. The van der Waals surface area contributed by atoms with Crippen LogP contribution in [0.3, 0.4) is 0 Å². The molecule has 1 aromatic rings. The van der Waals surface area contributed by atoms with Gasteiger partial charge >= 0.3 is 0 Å². The van der Waals surface area contributed by atoms with Gasteiger partial charge in [-0.25, -0.2) is 4.98 Å². The molecule has 5 rings (SSSR count). The van der Waals surface area contributed by atoms with Gasteiger partial charge in [-0.2, -0.15) is 5.26 Å². The maximum absolute atomic E-state index is 9.27. The fraction of sp³-hybridized carbons (Fsp3) is 0.750. The minimum absolute atomic E-state index is 0.360. The SMILES string of the molecule is CCc1nc(C23CC4CC(CC(C4)C2)C3)sc1C#N. The van der Waals surface area contributed by atoms with Crippen LogP contribution in [-0.2, 0) is 11.8 Å². The standard InChI is InChI=1S/C16H20N2S/c1-2-13-14(9-17)19-15(18-13)16-6-10-3-11(7-16)5-12(4-10)8-16/h10-12H,2-8H2,1H3. The summed E-state index contributed by atoms with van der Waals surface area (Å²) in [7, 11) is 0. The van der Waals surface area contributed by atoms with Gasteiger partial charge in [-0.15, -0.1) is 11.3 Å². The van der Waals surface area contributed by atoms with Crippen molar-refractivity contribution in [3.63, 3.8) is 0 Å². The van der Waals surface area contributed by atoms with Crippen LogP contribution < -0.4 is 0 Å². The first kappa shape index (κ1) is 11.9. The number of nitrogens with zero attached hydrogens (tertiary/aromatic N) is 2. The first-order chi connectivity index (χ1) is 9.22. The lowest BCUT2D eigenvalue weighted by Gasteiger charge is -2.56. The number of nitriles is 1. The molecule has 19 heavy (non-hydrogen) atoms. The molecular formula is C16H20N2S. The second-order valence-electron chi connectivity index (χ2n) is 6.96. The highest BCUT2D eigenvalue weighted by molar-refractivity contribution is 7.12. The smallest absolute Gasteiger partial charge is 0.128 e. The Morgan fingerprint density at radius 2 is 1.79 bits per heavy atom. The summed E-state index contributed by atoms with van der Waals surface area (Å²) in [6.07, 6.45) is 9.34. The zero-order valence-corrected chi connectivity index (χ0v) is 12.3. The predicted molar refractivity (Wildman–Crippen MR) is 76.1 cm³/mol. The fourth-order valence-corrected chi connectivity index (χ4v) is 6.45. The number of hydrogen-bond donors (Lipinski definition) is 0. The third-order valence-electron chi connectivity index (χ3n) is 5.63. The minimum atomic E-state index is 0.360. The van der Waals surface area contributed by atoms with E-state index in [-0.39, 0.29) is 0 Å². The molecule has 0 aromatic carbocycles. The molecule has 4 saturated carbocycles. The van der Waals surface area contributed by atoms with Crippen LogP contribution in [0.5, 0.6) is 0 Å². The van der Waals surface area contributed by atoms with E-state index in [2.05, 4.69) is 13.0 Å². The molecule has 3 heteroatoms. The van der Waals surface area contributed by atoms with E-state index < -0.39 is 0 Å². The molecule has 0 aliphatic heterocycles. The van der Waals surface area contributed by atoms with Crippen LogP contribution >= 0.6 is 11.3 Å². The summed E-state index contributed by atoms with van der Waals surface area (Å²) in [5.41, 5.74) is 1.40. The van der Waals surface area contributed by atoms with E-state index in [1.807, 2.05) is 0 Å². The zero-order chi connectivity index (χ0) is 13.0. The van der Waals surface area contributed by atoms with Crippen LogP contribution in [0.25, 0.3) is 0 Å².